The summed E-state index contributed by atoms with van der Waals surface area (Å²) in [5.74, 6) is -0.155. The molecular weight excluding hydrogens is 344 g/mol. The average Bonchev–Trinajstić information content (AvgIpc) is 2.85. The topological polar surface area (TPSA) is 76.3 Å². The van der Waals surface area contributed by atoms with Crippen LogP contribution in [0.25, 0.3) is 11.0 Å². The predicted octanol–water partition coefficient (Wildman–Crippen LogP) is 2.19. The molecule has 1 unspecified atom stereocenters. The van der Waals surface area contributed by atoms with Crippen molar-refractivity contribution in [1.82, 2.24) is 14.5 Å². The molecule has 0 bridgehead atoms. The van der Waals surface area contributed by atoms with Gasteiger partial charge in [0.2, 0.25) is 11.8 Å². The molecule has 0 saturated carbocycles. The molecule has 0 radical (unpaired) electrons. The number of nitrogens with one attached hydrogen (secondary N) is 1. The molecule has 2 aromatic rings. The number of rotatable bonds is 6. The van der Waals surface area contributed by atoms with Gasteiger partial charge in [-0.05, 0) is 37.0 Å². The van der Waals surface area contributed by atoms with Crippen LogP contribution in [-0.4, -0.2) is 34.0 Å². The number of carbonyl (C=O) groups excluding carboxylic acids is 2. The lowest BCUT2D eigenvalue weighted by Crippen LogP contribution is -2.44. The number of hydrogen-bond donors (Lipinski definition) is 1. The zero-order valence-corrected chi connectivity index (χ0v) is 16.5. The van der Waals surface area contributed by atoms with E-state index in [1.54, 1.807) is 11.6 Å². The van der Waals surface area contributed by atoms with Crippen LogP contribution in [0.3, 0.4) is 0 Å². The van der Waals surface area contributed by atoms with Gasteiger partial charge >= 0.3 is 5.69 Å². The molecule has 146 valence electrons. The molecule has 1 aliphatic heterocycles. The van der Waals surface area contributed by atoms with Gasteiger partial charge in [-0.3, -0.25) is 24.0 Å². The third kappa shape index (κ3) is 3.63. The number of hydrogen-bond acceptors (Lipinski definition) is 4. The van der Waals surface area contributed by atoms with E-state index in [1.807, 2.05) is 18.2 Å². The van der Waals surface area contributed by atoms with Crippen LogP contribution in [0.15, 0.2) is 23.0 Å². The lowest BCUT2D eigenvalue weighted by Gasteiger charge is -2.26. The summed E-state index contributed by atoms with van der Waals surface area (Å²) >= 11 is 0. The van der Waals surface area contributed by atoms with Crippen LogP contribution in [0.4, 0.5) is 5.69 Å². The summed E-state index contributed by atoms with van der Waals surface area (Å²) in [6.07, 6.45) is 1.64. The first-order valence-corrected chi connectivity index (χ1v) is 9.63. The molecule has 3 rings (SSSR count). The molecule has 1 saturated heterocycles. The second-order valence-corrected chi connectivity index (χ2v) is 7.69. The first-order chi connectivity index (χ1) is 12.8. The summed E-state index contributed by atoms with van der Waals surface area (Å²) in [7, 11) is 1.73. The first kappa shape index (κ1) is 19.2. The van der Waals surface area contributed by atoms with Crippen LogP contribution in [0.1, 0.15) is 46.1 Å². The number of imidazole rings is 1. The molecule has 1 aliphatic rings. The molecular formula is C20H28N4O3. The van der Waals surface area contributed by atoms with Crippen molar-refractivity contribution < 1.29 is 9.59 Å². The average molecular weight is 372 g/mol. The summed E-state index contributed by atoms with van der Waals surface area (Å²) in [6, 6.07) is 5.31. The Morgan fingerprint density at radius 3 is 2.59 bits per heavy atom. The van der Waals surface area contributed by atoms with E-state index < -0.39 is 11.9 Å². The number of piperidine rings is 1. The van der Waals surface area contributed by atoms with Crippen molar-refractivity contribution in [3.8, 4) is 0 Å². The largest absolute Gasteiger partial charge is 0.371 e. The Balaban J connectivity index is 2.06. The Kier molecular flexibility index (Phi) is 5.39. The molecule has 2 amide bonds. The quantitative estimate of drug-likeness (QED) is 0.789. The van der Waals surface area contributed by atoms with E-state index in [0.29, 0.717) is 12.3 Å². The van der Waals surface area contributed by atoms with E-state index in [0.717, 1.165) is 36.2 Å². The molecule has 1 aromatic carbocycles. The molecule has 7 heteroatoms. The molecule has 1 atom stereocenters. The number of imide groups is 1. The second kappa shape index (κ2) is 7.58. The zero-order chi connectivity index (χ0) is 19.7. The number of carbonyl (C=O) groups is 2. The number of amides is 2. The molecule has 27 heavy (non-hydrogen) atoms. The van der Waals surface area contributed by atoms with E-state index in [1.165, 1.54) is 4.57 Å². The highest BCUT2D eigenvalue weighted by Crippen LogP contribution is 2.27. The fourth-order valence-corrected chi connectivity index (χ4v) is 3.81. The van der Waals surface area contributed by atoms with Gasteiger partial charge in [0, 0.05) is 32.2 Å². The van der Waals surface area contributed by atoms with Gasteiger partial charge in [-0.25, -0.2) is 4.79 Å². The minimum atomic E-state index is -0.646. The Hall–Kier alpha value is -2.57. The standard InChI is InChI=1S/C20H28N4O3/c1-5-10-23(12-13(2)3)14-6-7-15-17(11-14)22(4)20(27)24(15)16-8-9-18(25)21-19(16)26/h6-7,11,13,16H,5,8-10,12H2,1-4H3,(H,21,25,26). The molecule has 1 N–H and O–H groups in total. The maximum Gasteiger partial charge on any atom is 0.329 e. The fourth-order valence-electron chi connectivity index (χ4n) is 3.81. The lowest BCUT2D eigenvalue weighted by atomic mass is 10.1. The Bertz CT molecular complexity index is 925. The highest BCUT2D eigenvalue weighted by atomic mass is 16.2. The summed E-state index contributed by atoms with van der Waals surface area (Å²) in [6.45, 7) is 8.43. The zero-order valence-electron chi connectivity index (χ0n) is 16.5. The molecule has 0 spiro atoms. The van der Waals surface area contributed by atoms with Crippen molar-refractivity contribution in [3.05, 3.63) is 28.7 Å². The molecule has 7 nitrogen and oxygen atoms in total. The predicted molar refractivity (Wildman–Crippen MR) is 106 cm³/mol. The van der Waals surface area contributed by atoms with Gasteiger partial charge in [-0.2, -0.15) is 0 Å². The van der Waals surface area contributed by atoms with E-state index in [4.69, 9.17) is 0 Å². The summed E-state index contributed by atoms with van der Waals surface area (Å²) in [5.41, 5.74) is 2.37. The molecule has 0 aliphatic carbocycles. The van der Waals surface area contributed by atoms with Crippen LogP contribution in [0.5, 0.6) is 0 Å². The van der Waals surface area contributed by atoms with Gasteiger partial charge in [-0.15, -0.1) is 0 Å². The van der Waals surface area contributed by atoms with E-state index in [-0.39, 0.29) is 18.0 Å². The third-order valence-corrected chi connectivity index (χ3v) is 5.04. The monoisotopic (exact) mass is 372 g/mol. The number of anilines is 1. The van der Waals surface area contributed by atoms with Crippen molar-refractivity contribution in [2.24, 2.45) is 13.0 Å². The van der Waals surface area contributed by atoms with Crippen molar-refractivity contribution in [2.75, 3.05) is 18.0 Å². The van der Waals surface area contributed by atoms with Crippen LogP contribution in [0.2, 0.25) is 0 Å². The van der Waals surface area contributed by atoms with Gasteiger partial charge < -0.3 is 4.90 Å². The first-order valence-electron chi connectivity index (χ1n) is 9.63. The van der Waals surface area contributed by atoms with E-state index in [9.17, 15) is 14.4 Å². The Labute approximate surface area is 158 Å². The summed E-state index contributed by atoms with van der Waals surface area (Å²) < 4.78 is 3.11. The number of aryl methyl sites for hydroxylation is 1. The van der Waals surface area contributed by atoms with Crippen LogP contribution in [-0.2, 0) is 16.6 Å². The van der Waals surface area contributed by atoms with Gasteiger partial charge in [0.1, 0.15) is 6.04 Å². The van der Waals surface area contributed by atoms with Gasteiger partial charge in [0.15, 0.2) is 0 Å². The number of aromatic nitrogens is 2. The van der Waals surface area contributed by atoms with E-state index >= 15 is 0 Å². The third-order valence-electron chi connectivity index (χ3n) is 5.04. The Morgan fingerprint density at radius 1 is 1.22 bits per heavy atom. The number of fused-ring (bicyclic) bond motifs is 1. The lowest BCUT2D eigenvalue weighted by molar-refractivity contribution is -0.135. The minimum Gasteiger partial charge on any atom is -0.371 e. The highest BCUT2D eigenvalue weighted by Gasteiger charge is 2.31. The SMILES string of the molecule is CCCN(CC(C)C)c1ccc2c(c1)n(C)c(=O)n2C1CCC(=O)NC1=O. The maximum absolute atomic E-state index is 12.8. The fraction of sp³-hybridized carbons (Fsp3) is 0.550. The van der Waals surface area contributed by atoms with Crippen molar-refractivity contribution in [3.63, 3.8) is 0 Å². The summed E-state index contributed by atoms with van der Waals surface area (Å²) in [5, 5.41) is 2.34. The Morgan fingerprint density at radius 2 is 1.96 bits per heavy atom. The van der Waals surface area contributed by atoms with Crippen LogP contribution < -0.4 is 15.9 Å². The van der Waals surface area contributed by atoms with Crippen molar-refractivity contribution in [2.45, 2.75) is 46.1 Å². The van der Waals surface area contributed by atoms with Crippen LogP contribution in [0, 0.1) is 5.92 Å². The highest BCUT2D eigenvalue weighted by molar-refractivity contribution is 6.00. The van der Waals surface area contributed by atoms with Gasteiger partial charge in [0.05, 0.1) is 11.0 Å². The summed E-state index contributed by atoms with van der Waals surface area (Å²) in [4.78, 5) is 38.9. The maximum atomic E-state index is 12.8. The molecule has 1 fully saturated rings. The number of benzene rings is 1. The molecule has 1 aromatic heterocycles. The van der Waals surface area contributed by atoms with Gasteiger partial charge in [0.25, 0.3) is 0 Å². The normalized spacial score (nSPS) is 17.6. The van der Waals surface area contributed by atoms with Crippen molar-refractivity contribution >= 4 is 28.5 Å². The van der Waals surface area contributed by atoms with Gasteiger partial charge in [-0.1, -0.05) is 20.8 Å². The minimum absolute atomic E-state index is 0.234. The van der Waals surface area contributed by atoms with E-state index in [2.05, 4.69) is 31.0 Å². The number of nitrogens with zero attached hydrogens (tertiary/aromatic N) is 3. The smallest absolute Gasteiger partial charge is 0.329 e. The van der Waals surface area contributed by atoms with Crippen LogP contribution >= 0.6 is 0 Å². The van der Waals surface area contributed by atoms with Crippen molar-refractivity contribution in [1.29, 1.82) is 0 Å². The molecule has 2 heterocycles. The second-order valence-electron chi connectivity index (χ2n) is 7.69.